The first-order chi connectivity index (χ1) is 10.2. The molecule has 0 bridgehead atoms. The molecule has 0 fully saturated rings. The summed E-state index contributed by atoms with van der Waals surface area (Å²) < 4.78 is 1.75. The summed E-state index contributed by atoms with van der Waals surface area (Å²) in [5, 5.41) is 27.1. The standard InChI is InChI=1S/C13H13N5OS2/c1-20-12-9-10(14)18(7-3-5-8(19)6-4-7)13(21-2)15-11(9)16-17-12/h3-6,14,19H,1-2H3,(H,16,17). The van der Waals surface area contributed by atoms with Gasteiger partial charge in [-0.3, -0.25) is 15.1 Å². The molecule has 0 atom stereocenters. The Balaban J connectivity index is 2.37. The number of thioether (sulfide) groups is 2. The van der Waals surface area contributed by atoms with Gasteiger partial charge in [-0.1, -0.05) is 11.8 Å². The maximum Gasteiger partial charge on any atom is 0.176 e. The van der Waals surface area contributed by atoms with Crippen molar-refractivity contribution in [2.75, 3.05) is 12.5 Å². The Hall–Kier alpha value is -1.93. The molecule has 0 unspecified atom stereocenters. The van der Waals surface area contributed by atoms with Crippen molar-refractivity contribution >= 4 is 34.6 Å². The average molecular weight is 319 g/mol. The normalized spacial score (nSPS) is 11.1. The lowest BCUT2D eigenvalue weighted by atomic mass is 10.3. The summed E-state index contributed by atoms with van der Waals surface area (Å²) in [6.45, 7) is 0. The third kappa shape index (κ3) is 2.30. The second kappa shape index (κ2) is 5.45. The van der Waals surface area contributed by atoms with Crippen molar-refractivity contribution in [1.29, 1.82) is 5.41 Å². The minimum absolute atomic E-state index is 0.193. The van der Waals surface area contributed by atoms with E-state index >= 15 is 0 Å². The van der Waals surface area contributed by atoms with Crippen LogP contribution in [0.1, 0.15) is 0 Å². The number of hydrogen-bond acceptors (Lipinski definition) is 6. The van der Waals surface area contributed by atoms with E-state index in [4.69, 9.17) is 5.41 Å². The summed E-state index contributed by atoms with van der Waals surface area (Å²) in [5.41, 5.74) is 1.72. The van der Waals surface area contributed by atoms with Gasteiger partial charge in [0.15, 0.2) is 10.8 Å². The summed E-state index contributed by atoms with van der Waals surface area (Å²) in [6, 6.07) is 6.72. The highest BCUT2D eigenvalue weighted by molar-refractivity contribution is 7.98. The lowest BCUT2D eigenvalue weighted by Crippen LogP contribution is -2.21. The zero-order valence-electron chi connectivity index (χ0n) is 11.4. The van der Waals surface area contributed by atoms with Crippen LogP contribution < -0.4 is 5.49 Å². The van der Waals surface area contributed by atoms with Crippen LogP contribution in [-0.2, 0) is 0 Å². The largest absolute Gasteiger partial charge is 0.508 e. The van der Waals surface area contributed by atoms with Gasteiger partial charge in [0, 0.05) is 5.69 Å². The van der Waals surface area contributed by atoms with Gasteiger partial charge in [0.05, 0.1) is 5.39 Å². The van der Waals surface area contributed by atoms with Crippen molar-refractivity contribution in [3.63, 3.8) is 0 Å². The topological polar surface area (TPSA) is 90.6 Å². The molecule has 3 rings (SSSR count). The van der Waals surface area contributed by atoms with Gasteiger partial charge in [0.25, 0.3) is 0 Å². The molecule has 3 aromatic rings. The highest BCUT2D eigenvalue weighted by Crippen LogP contribution is 2.24. The van der Waals surface area contributed by atoms with Crippen LogP contribution in [0.25, 0.3) is 16.7 Å². The zero-order valence-corrected chi connectivity index (χ0v) is 13.0. The number of aromatic hydroxyl groups is 1. The molecule has 8 heteroatoms. The van der Waals surface area contributed by atoms with Crippen LogP contribution >= 0.6 is 23.5 Å². The number of nitrogens with one attached hydrogen (secondary N) is 2. The third-order valence-corrected chi connectivity index (χ3v) is 4.38. The van der Waals surface area contributed by atoms with Crippen molar-refractivity contribution in [2.45, 2.75) is 10.2 Å². The molecule has 6 nitrogen and oxygen atoms in total. The van der Waals surface area contributed by atoms with Gasteiger partial charge in [0.1, 0.15) is 16.3 Å². The van der Waals surface area contributed by atoms with Gasteiger partial charge in [-0.25, -0.2) is 4.98 Å². The molecule has 0 radical (unpaired) electrons. The molecule has 3 N–H and O–H groups in total. The third-order valence-electron chi connectivity index (χ3n) is 3.06. The van der Waals surface area contributed by atoms with E-state index < -0.39 is 0 Å². The van der Waals surface area contributed by atoms with Gasteiger partial charge >= 0.3 is 0 Å². The first-order valence-electron chi connectivity index (χ1n) is 6.08. The Labute approximate surface area is 129 Å². The summed E-state index contributed by atoms with van der Waals surface area (Å²) in [6.07, 6.45) is 3.83. The Bertz CT molecular complexity index is 853. The van der Waals surface area contributed by atoms with Gasteiger partial charge in [-0.15, -0.1) is 11.8 Å². The van der Waals surface area contributed by atoms with Gasteiger partial charge in [-0.2, -0.15) is 5.10 Å². The average Bonchev–Trinajstić information content (AvgIpc) is 2.91. The first-order valence-corrected chi connectivity index (χ1v) is 8.53. The fraction of sp³-hybridized carbons (Fsp3) is 0.154. The van der Waals surface area contributed by atoms with Crippen molar-refractivity contribution in [1.82, 2.24) is 19.7 Å². The molecule has 0 spiro atoms. The summed E-state index contributed by atoms with van der Waals surface area (Å²) in [5.74, 6) is 0.193. The van der Waals surface area contributed by atoms with E-state index in [0.717, 1.165) is 10.7 Å². The van der Waals surface area contributed by atoms with Crippen LogP contribution in [0.5, 0.6) is 5.75 Å². The molecule has 108 valence electrons. The van der Waals surface area contributed by atoms with Crippen molar-refractivity contribution in [2.24, 2.45) is 0 Å². The number of nitrogens with zero attached hydrogens (tertiary/aromatic N) is 3. The molecule has 2 heterocycles. The number of rotatable bonds is 3. The number of hydrogen-bond donors (Lipinski definition) is 3. The Morgan fingerprint density at radius 2 is 1.90 bits per heavy atom. The minimum atomic E-state index is 0.193. The Kier molecular flexibility index (Phi) is 3.64. The Morgan fingerprint density at radius 1 is 1.19 bits per heavy atom. The number of phenolic OH excluding ortho intramolecular Hbond substituents is 1. The molecule has 2 aromatic heterocycles. The van der Waals surface area contributed by atoms with Gasteiger partial charge < -0.3 is 5.11 Å². The summed E-state index contributed by atoms with van der Waals surface area (Å²) in [4.78, 5) is 4.53. The molecule has 0 aliphatic heterocycles. The quantitative estimate of drug-likeness (QED) is 0.509. The van der Waals surface area contributed by atoms with E-state index in [1.54, 1.807) is 28.8 Å². The predicted octanol–water partition coefficient (Wildman–Crippen LogP) is 2.38. The highest BCUT2D eigenvalue weighted by Gasteiger charge is 2.15. The van der Waals surface area contributed by atoms with Crippen LogP contribution in [0.2, 0.25) is 0 Å². The molecular weight excluding hydrogens is 306 g/mol. The van der Waals surface area contributed by atoms with Gasteiger partial charge in [0.2, 0.25) is 0 Å². The summed E-state index contributed by atoms with van der Waals surface area (Å²) in [7, 11) is 0. The van der Waals surface area contributed by atoms with E-state index in [1.807, 2.05) is 12.5 Å². The summed E-state index contributed by atoms with van der Waals surface area (Å²) >= 11 is 2.93. The SMILES string of the molecule is CSc1n[nH]c2nc(SC)n(-c3ccc(O)cc3)c(=N)c12. The maximum atomic E-state index is 9.42. The number of aromatic nitrogens is 4. The van der Waals surface area contributed by atoms with Crippen LogP contribution in [0.15, 0.2) is 34.4 Å². The van der Waals surface area contributed by atoms with E-state index in [2.05, 4.69) is 15.2 Å². The van der Waals surface area contributed by atoms with Crippen molar-refractivity contribution in [3.05, 3.63) is 29.8 Å². The van der Waals surface area contributed by atoms with Crippen LogP contribution in [-0.4, -0.2) is 37.4 Å². The number of H-pyrrole nitrogens is 1. The van der Waals surface area contributed by atoms with E-state index in [0.29, 0.717) is 21.7 Å². The molecule has 1 aromatic carbocycles. The van der Waals surface area contributed by atoms with Crippen LogP contribution in [0.4, 0.5) is 0 Å². The molecule has 21 heavy (non-hydrogen) atoms. The molecule has 0 aliphatic carbocycles. The second-order valence-corrected chi connectivity index (χ2v) is 5.82. The lowest BCUT2D eigenvalue weighted by molar-refractivity contribution is 0.475. The fourth-order valence-corrected chi connectivity index (χ4v) is 3.19. The van der Waals surface area contributed by atoms with Crippen LogP contribution in [0, 0.1) is 5.41 Å². The van der Waals surface area contributed by atoms with Crippen molar-refractivity contribution in [3.8, 4) is 11.4 Å². The predicted molar refractivity (Wildman–Crippen MR) is 84.3 cm³/mol. The molecular formula is C13H13N5OS2. The zero-order chi connectivity index (χ0) is 15.0. The smallest absolute Gasteiger partial charge is 0.176 e. The molecule has 0 saturated heterocycles. The van der Waals surface area contributed by atoms with E-state index in [9.17, 15) is 5.11 Å². The molecule has 0 amide bonds. The minimum Gasteiger partial charge on any atom is -0.508 e. The van der Waals surface area contributed by atoms with E-state index in [-0.39, 0.29) is 5.75 Å². The van der Waals surface area contributed by atoms with Gasteiger partial charge in [-0.05, 0) is 36.8 Å². The second-order valence-electron chi connectivity index (χ2n) is 4.26. The Morgan fingerprint density at radius 3 is 2.52 bits per heavy atom. The van der Waals surface area contributed by atoms with E-state index in [1.165, 1.54) is 23.5 Å². The number of benzene rings is 1. The number of phenols is 1. The fourth-order valence-electron chi connectivity index (χ4n) is 2.09. The number of aromatic amines is 1. The molecule has 0 aliphatic rings. The monoisotopic (exact) mass is 319 g/mol. The highest BCUT2D eigenvalue weighted by atomic mass is 32.2. The van der Waals surface area contributed by atoms with Crippen LogP contribution in [0.3, 0.4) is 0 Å². The molecule has 0 saturated carbocycles. The first kappa shape index (κ1) is 14.0. The maximum absolute atomic E-state index is 9.42. The lowest BCUT2D eigenvalue weighted by Gasteiger charge is -2.12. The van der Waals surface area contributed by atoms with Crippen molar-refractivity contribution < 1.29 is 5.11 Å². The number of fused-ring (bicyclic) bond motifs is 1.